The first-order valence-corrected chi connectivity index (χ1v) is 8.58. The van der Waals surface area contributed by atoms with Gasteiger partial charge in [-0.15, -0.1) is 0 Å². The molecule has 1 aliphatic carbocycles. The summed E-state index contributed by atoms with van der Waals surface area (Å²) in [6.07, 6.45) is 0.930. The van der Waals surface area contributed by atoms with E-state index in [1.165, 1.54) is 0 Å². The molecule has 6 nitrogen and oxygen atoms in total. The van der Waals surface area contributed by atoms with Crippen molar-refractivity contribution in [1.82, 2.24) is 0 Å². The number of ether oxygens (including phenoxy) is 1. The van der Waals surface area contributed by atoms with E-state index in [9.17, 15) is 19.7 Å². The van der Waals surface area contributed by atoms with Gasteiger partial charge in [0.15, 0.2) is 5.78 Å². The van der Waals surface area contributed by atoms with Gasteiger partial charge in [-0.2, -0.15) is 0 Å². The van der Waals surface area contributed by atoms with Crippen LogP contribution in [0, 0.1) is 15.5 Å². The minimum atomic E-state index is -1.56. The summed E-state index contributed by atoms with van der Waals surface area (Å²) >= 11 is 6.24. The predicted molar refractivity (Wildman–Crippen MR) is 93.2 cm³/mol. The van der Waals surface area contributed by atoms with E-state index >= 15 is 0 Å². The molecule has 0 aliphatic heterocycles. The lowest BCUT2D eigenvalue weighted by Gasteiger charge is -2.35. The van der Waals surface area contributed by atoms with Gasteiger partial charge in [0.05, 0.1) is 5.92 Å². The first-order valence-electron chi connectivity index (χ1n) is 8.21. The number of Topliss-reactive ketones (excluding diaryl/α,β-unsaturated/α-hetero) is 1. The van der Waals surface area contributed by atoms with Crippen LogP contribution in [0.15, 0.2) is 24.3 Å². The van der Waals surface area contributed by atoms with E-state index in [4.69, 9.17) is 16.3 Å². The summed E-state index contributed by atoms with van der Waals surface area (Å²) in [4.78, 5) is 36.6. The van der Waals surface area contributed by atoms with E-state index in [0.29, 0.717) is 17.0 Å². The highest BCUT2D eigenvalue weighted by Crippen LogP contribution is 2.49. The maximum absolute atomic E-state index is 13.0. The molecule has 7 heteroatoms. The predicted octanol–water partition coefficient (Wildman–Crippen LogP) is 3.78. The summed E-state index contributed by atoms with van der Waals surface area (Å²) in [7, 11) is 0. The molecule has 0 radical (unpaired) electrons. The molecule has 136 valence electrons. The first kappa shape index (κ1) is 19.4. The number of nitro groups is 1. The molecule has 1 fully saturated rings. The summed E-state index contributed by atoms with van der Waals surface area (Å²) < 4.78 is 5.49. The Bertz CT molecular complexity index is 697. The Kier molecular flexibility index (Phi) is 5.52. The number of carbonyl (C=O) groups excluding carboxylic acids is 2. The third-order valence-electron chi connectivity index (χ3n) is 4.44. The standard InChI is InChI=1S/C18H22ClNO5/c1-17(2,3)25-16(22)18(10-6-9-15(18)21)13(11-20(23)24)12-7-4-5-8-14(12)19/h4-5,7-8,13H,6,9-11H2,1-3H3. The summed E-state index contributed by atoms with van der Waals surface area (Å²) in [5.41, 5.74) is -1.93. The largest absolute Gasteiger partial charge is 0.459 e. The Balaban J connectivity index is 2.59. The number of carbonyl (C=O) groups is 2. The number of hydrogen-bond acceptors (Lipinski definition) is 5. The highest BCUT2D eigenvalue weighted by Gasteiger charge is 2.58. The van der Waals surface area contributed by atoms with Crippen molar-refractivity contribution in [2.75, 3.05) is 6.54 Å². The van der Waals surface area contributed by atoms with E-state index in [1.54, 1.807) is 45.0 Å². The molecular weight excluding hydrogens is 346 g/mol. The average Bonchev–Trinajstić information content (AvgIpc) is 2.86. The zero-order chi connectivity index (χ0) is 18.8. The third-order valence-corrected chi connectivity index (χ3v) is 4.79. The number of esters is 1. The Hall–Kier alpha value is -1.95. The molecule has 1 aliphatic rings. The summed E-state index contributed by atoms with van der Waals surface area (Å²) in [6, 6.07) is 6.63. The van der Waals surface area contributed by atoms with Crippen LogP contribution in [-0.4, -0.2) is 28.8 Å². The second-order valence-electron chi connectivity index (χ2n) is 7.34. The number of hydrogen-bond donors (Lipinski definition) is 0. The topological polar surface area (TPSA) is 86.5 Å². The summed E-state index contributed by atoms with van der Waals surface area (Å²) in [6.45, 7) is 4.55. The Morgan fingerprint density at radius 1 is 1.40 bits per heavy atom. The van der Waals surface area contributed by atoms with Crippen molar-refractivity contribution in [3.63, 3.8) is 0 Å². The second kappa shape index (κ2) is 7.12. The van der Waals surface area contributed by atoms with Gasteiger partial charge in [0.25, 0.3) is 0 Å². The van der Waals surface area contributed by atoms with Gasteiger partial charge in [0.1, 0.15) is 11.0 Å². The fraction of sp³-hybridized carbons (Fsp3) is 0.556. The molecule has 0 saturated heterocycles. The lowest BCUT2D eigenvalue weighted by atomic mass is 9.69. The maximum atomic E-state index is 13.0. The molecule has 0 spiro atoms. The van der Waals surface area contributed by atoms with Gasteiger partial charge in [0.2, 0.25) is 6.54 Å². The van der Waals surface area contributed by atoms with E-state index < -0.39 is 34.4 Å². The van der Waals surface area contributed by atoms with Gasteiger partial charge in [-0.1, -0.05) is 29.8 Å². The van der Waals surface area contributed by atoms with E-state index in [1.807, 2.05) is 0 Å². The summed E-state index contributed by atoms with van der Waals surface area (Å²) in [5, 5.41) is 11.6. The summed E-state index contributed by atoms with van der Waals surface area (Å²) in [5.74, 6) is -1.97. The van der Waals surface area contributed by atoms with Gasteiger partial charge in [0, 0.05) is 16.4 Å². The number of nitrogens with zero attached hydrogens (tertiary/aromatic N) is 1. The van der Waals surface area contributed by atoms with Crippen LogP contribution in [0.4, 0.5) is 0 Å². The van der Waals surface area contributed by atoms with Crippen molar-refractivity contribution in [2.45, 2.75) is 51.6 Å². The lowest BCUT2D eigenvalue weighted by molar-refractivity contribution is -0.485. The molecule has 2 unspecified atom stereocenters. The van der Waals surface area contributed by atoms with E-state index in [2.05, 4.69) is 0 Å². The molecule has 0 heterocycles. The zero-order valence-corrected chi connectivity index (χ0v) is 15.3. The van der Waals surface area contributed by atoms with Crippen LogP contribution >= 0.6 is 11.6 Å². The Labute approximate surface area is 151 Å². The quantitative estimate of drug-likeness (QED) is 0.342. The number of rotatable bonds is 5. The van der Waals surface area contributed by atoms with Crippen molar-refractivity contribution in [1.29, 1.82) is 0 Å². The molecule has 2 rings (SSSR count). The van der Waals surface area contributed by atoms with E-state index in [-0.39, 0.29) is 18.6 Å². The molecule has 1 aromatic carbocycles. The van der Waals surface area contributed by atoms with Gasteiger partial charge >= 0.3 is 5.97 Å². The Morgan fingerprint density at radius 2 is 2.04 bits per heavy atom. The van der Waals surface area contributed by atoms with Crippen LogP contribution in [0.1, 0.15) is 51.5 Å². The monoisotopic (exact) mass is 367 g/mol. The first-order chi connectivity index (χ1) is 11.6. The van der Waals surface area contributed by atoms with Crippen LogP contribution in [0.3, 0.4) is 0 Å². The maximum Gasteiger partial charge on any atom is 0.321 e. The van der Waals surface area contributed by atoms with Crippen LogP contribution in [-0.2, 0) is 14.3 Å². The molecule has 1 saturated carbocycles. The minimum Gasteiger partial charge on any atom is -0.459 e. The molecule has 0 aromatic heterocycles. The van der Waals surface area contributed by atoms with Crippen molar-refractivity contribution in [2.24, 2.45) is 5.41 Å². The van der Waals surface area contributed by atoms with Gasteiger partial charge < -0.3 is 4.74 Å². The zero-order valence-electron chi connectivity index (χ0n) is 14.6. The number of ketones is 1. The van der Waals surface area contributed by atoms with E-state index in [0.717, 1.165) is 0 Å². The van der Waals surface area contributed by atoms with Crippen molar-refractivity contribution >= 4 is 23.4 Å². The van der Waals surface area contributed by atoms with Crippen molar-refractivity contribution in [3.8, 4) is 0 Å². The fourth-order valence-corrected chi connectivity index (χ4v) is 3.68. The molecule has 2 atom stereocenters. The number of halogens is 1. The van der Waals surface area contributed by atoms with Gasteiger partial charge in [-0.3, -0.25) is 19.7 Å². The second-order valence-corrected chi connectivity index (χ2v) is 7.75. The van der Waals surface area contributed by atoms with Gasteiger partial charge in [-0.05, 0) is 45.2 Å². The molecule has 25 heavy (non-hydrogen) atoms. The minimum absolute atomic E-state index is 0.206. The third kappa shape index (κ3) is 4.00. The smallest absolute Gasteiger partial charge is 0.321 e. The average molecular weight is 368 g/mol. The van der Waals surface area contributed by atoms with Crippen LogP contribution in [0.25, 0.3) is 0 Å². The van der Waals surface area contributed by atoms with Crippen molar-refractivity contribution in [3.05, 3.63) is 45.0 Å². The van der Waals surface area contributed by atoms with Gasteiger partial charge in [-0.25, -0.2) is 0 Å². The molecule has 0 bridgehead atoms. The highest BCUT2D eigenvalue weighted by atomic mass is 35.5. The lowest BCUT2D eigenvalue weighted by Crippen LogP contribution is -2.47. The Morgan fingerprint density at radius 3 is 2.52 bits per heavy atom. The van der Waals surface area contributed by atoms with Crippen LogP contribution in [0.5, 0.6) is 0 Å². The fourth-order valence-electron chi connectivity index (χ4n) is 3.41. The highest BCUT2D eigenvalue weighted by molar-refractivity contribution is 6.31. The van der Waals surface area contributed by atoms with Crippen LogP contribution < -0.4 is 0 Å². The molecule has 0 N–H and O–H groups in total. The SMILES string of the molecule is CC(C)(C)OC(=O)C1(C(C[N+](=O)[O-])c2ccccc2Cl)CCCC1=O. The normalized spacial score (nSPS) is 21.8. The van der Waals surface area contributed by atoms with Crippen molar-refractivity contribution < 1.29 is 19.2 Å². The molecule has 0 amide bonds. The van der Waals surface area contributed by atoms with Crippen LogP contribution in [0.2, 0.25) is 5.02 Å². The number of benzene rings is 1. The molecular formula is C18H22ClNO5. The molecule has 1 aromatic rings.